The highest BCUT2D eigenvalue weighted by Crippen LogP contribution is 2.40. The number of carbonyl (C=O) groups excluding carboxylic acids is 1. The Morgan fingerprint density at radius 2 is 1.82 bits per heavy atom. The van der Waals surface area contributed by atoms with E-state index in [1.165, 1.54) is 5.57 Å². The van der Waals surface area contributed by atoms with Crippen LogP contribution in [0.4, 0.5) is 13.2 Å². The molecule has 0 spiro atoms. The fourth-order valence-electron chi connectivity index (χ4n) is 4.03. The summed E-state index contributed by atoms with van der Waals surface area (Å²) in [7, 11) is 0. The molecule has 0 bridgehead atoms. The predicted molar refractivity (Wildman–Crippen MR) is 118 cm³/mol. The van der Waals surface area contributed by atoms with E-state index < -0.39 is 30.8 Å². The van der Waals surface area contributed by atoms with Crippen LogP contribution in [0.25, 0.3) is 5.57 Å². The molecule has 1 aliphatic heterocycles. The molecule has 34 heavy (non-hydrogen) atoms. The number of aliphatic carboxylic acids is 1. The van der Waals surface area contributed by atoms with Crippen LogP contribution in [0, 0.1) is 5.92 Å². The highest BCUT2D eigenvalue weighted by Gasteiger charge is 2.38. The van der Waals surface area contributed by atoms with Crippen molar-refractivity contribution in [2.45, 2.75) is 50.4 Å². The molecule has 1 aromatic carbocycles. The van der Waals surface area contributed by atoms with Gasteiger partial charge in [-0.1, -0.05) is 17.7 Å². The second kappa shape index (κ2) is 11.9. The van der Waals surface area contributed by atoms with Gasteiger partial charge in [0.15, 0.2) is 6.10 Å². The van der Waals surface area contributed by atoms with Gasteiger partial charge in [-0.15, -0.1) is 0 Å². The van der Waals surface area contributed by atoms with Crippen LogP contribution in [-0.4, -0.2) is 69.2 Å². The third-order valence-corrected chi connectivity index (χ3v) is 6.23. The van der Waals surface area contributed by atoms with Crippen molar-refractivity contribution in [3.63, 3.8) is 0 Å². The van der Waals surface area contributed by atoms with Crippen LogP contribution in [0.3, 0.4) is 0 Å². The normalized spacial score (nSPS) is 18.6. The number of nitrogens with two attached hydrogens (primary N) is 1. The predicted octanol–water partition coefficient (Wildman–Crippen LogP) is 2.84. The summed E-state index contributed by atoms with van der Waals surface area (Å²) < 4.78 is 31.7. The average Bonchev–Trinajstić information content (AvgIpc) is 3.33. The lowest BCUT2D eigenvalue weighted by Crippen LogP contribution is -2.46. The van der Waals surface area contributed by atoms with E-state index in [0.29, 0.717) is 36.5 Å². The maximum Gasteiger partial charge on any atom is 0.490 e. The number of piperidine rings is 1. The molecule has 0 saturated carbocycles. The minimum atomic E-state index is -5.08. The second-order valence-electron chi connectivity index (χ2n) is 8.20. The van der Waals surface area contributed by atoms with Gasteiger partial charge in [-0.05, 0) is 61.3 Å². The van der Waals surface area contributed by atoms with E-state index in [1.807, 2.05) is 0 Å². The lowest BCUT2D eigenvalue weighted by atomic mass is 9.85. The molecule has 2 aliphatic rings. The number of allylic oxidation sites excluding steroid dienone is 2. The summed E-state index contributed by atoms with van der Waals surface area (Å²) >= 11 is 6.47. The summed E-state index contributed by atoms with van der Waals surface area (Å²) in [6.07, 6.45) is 0.149. The number of rotatable bonds is 5. The van der Waals surface area contributed by atoms with Crippen LogP contribution in [-0.2, 0) is 9.59 Å². The van der Waals surface area contributed by atoms with Gasteiger partial charge in [0.25, 0.3) is 5.91 Å². The van der Waals surface area contributed by atoms with Gasteiger partial charge in [-0.3, -0.25) is 4.79 Å². The van der Waals surface area contributed by atoms with Gasteiger partial charge < -0.3 is 31.1 Å². The molecule has 0 radical (unpaired) electrons. The molecule has 0 unspecified atom stereocenters. The average molecular weight is 509 g/mol. The molecule has 1 amide bonds. The van der Waals surface area contributed by atoms with Gasteiger partial charge in [-0.2, -0.15) is 13.2 Å². The van der Waals surface area contributed by atoms with E-state index in [9.17, 15) is 28.2 Å². The molecule has 1 aromatic rings. The third-order valence-electron chi connectivity index (χ3n) is 5.92. The first kappa shape index (κ1) is 27.9. The highest BCUT2D eigenvalue weighted by molar-refractivity contribution is 6.32. The molecule has 12 heteroatoms. The first-order valence-electron chi connectivity index (χ1n) is 10.7. The standard InChI is InChI=1S/C20H27ClN2O4.C2HF3O2/c21-16-9-15(17(25)10-14(16)12-3-1-2-4-12)19(22)13-5-7-23(8-6-13)20(27)18(26)11-24;3-2(4,5)1(6)7/h3,9-10,13,18-19,24-26H,1-2,4-8,11,22H2;(H,6,7)/t18-,19-;/m1./s1. The van der Waals surface area contributed by atoms with Gasteiger partial charge >= 0.3 is 12.1 Å². The van der Waals surface area contributed by atoms with Gasteiger partial charge in [0.2, 0.25) is 0 Å². The Morgan fingerprint density at radius 3 is 2.29 bits per heavy atom. The third kappa shape index (κ3) is 7.08. The number of amides is 1. The first-order chi connectivity index (χ1) is 15.9. The van der Waals surface area contributed by atoms with E-state index in [2.05, 4.69) is 6.08 Å². The molecule has 3 rings (SSSR count). The molecule has 1 fully saturated rings. The SMILES string of the molecule is N[C@@H](c1cc(Cl)c(C2=CCCC2)cc1O)C1CCN(C(=O)[C@H](O)CO)CC1.O=C(O)C(F)(F)F. The summed E-state index contributed by atoms with van der Waals surface area (Å²) in [4.78, 5) is 22.4. The van der Waals surface area contributed by atoms with Gasteiger partial charge in [-0.25, -0.2) is 4.79 Å². The maximum absolute atomic E-state index is 12.0. The van der Waals surface area contributed by atoms with Crippen molar-refractivity contribution in [2.24, 2.45) is 11.7 Å². The minimum absolute atomic E-state index is 0.0961. The number of hydrogen-bond acceptors (Lipinski definition) is 6. The number of aromatic hydroxyl groups is 1. The molecule has 0 aromatic heterocycles. The van der Waals surface area contributed by atoms with Gasteiger partial charge in [0.05, 0.1) is 6.61 Å². The van der Waals surface area contributed by atoms with Crippen LogP contribution in [0.5, 0.6) is 5.75 Å². The summed E-state index contributed by atoms with van der Waals surface area (Å²) in [6.45, 7) is 0.356. The monoisotopic (exact) mass is 508 g/mol. The number of carboxylic acid groups (broad SMARTS) is 1. The van der Waals surface area contributed by atoms with Crippen molar-refractivity contribution < 1.29 is 43.2 Å². The number of halogens is 4. The smallest absolute Gasteiger partial charge is 0.490 e. The number of nitrogens with zero attached hydrogens (tertiary/aromatic N) is 1. The van der Waals surface area contributed by atoms with Crippen molar-refractivity contribution in [3.05, 3.63) is 34.4 Å². The molecule has 1 saturated heterocycles. The van der Waals surface area contributed by atoms with Crippen molar-refractivity contribution in [2.75, 3.05) is 19.7 Å². The van der Waals surface area contributed by atoms with Crippen molar-refractivity contribution in [1.82, 2.24) is 4.90 Å². The Bertz CT molecular complexity index is 917. The number of phenolic OH excluding ortho intramolecular Hbond substituents is 1. The fourth-order valence-corrected chi connectivity index (χ4v) is 4.32. The molecule has 190 valence electrons. The molecule has 1 aliphatic carbocycles. The number of alkyl halides is 3. The van der Waals surface area contributed by atoms with Crippen LogP contribution in [0.1, 0.15) is 49.3 Å². The number of likely N-dealkylation sites (tertiary alicyclic amines) is 1. The zero-order valence-corrected chi connectivity index (χ0v) is 19.0. The van der Waals surface area contributed by atoms with Gasteiger partial charge in [0.1, 0.15) is 5.75 Å². The summed E-state index contributed by atoms with van der Waals surface area (Å²) in [5, 5.41) is 36.7. The Morgan fingerprint density at radius 1 is 1.24 bits per heavy atom. The number of aliphatic hydroxyl groups excluding tert-OH is 2. The molecule has 8 nitrogen and oxygen atoms in total. The zero-order chi connectivity index (χ0) is 25.6. The lowest BCUT2D eigenvalue weighted by Gasteiger charge is -2.35. The fraction of sp³-hybridized carbons (Fsp3) is 0.545. The number of hydrogen-bond donors (Lipinski definition) is 5. The zero-order valence-electron chi connectivity index (χ0n) is 18.3. The Kier molecular flexibility index (Phi) is 9.74. The number of aliphatic hydroxyl groups is 2. The maximum atomic E-state index is 12.0. The van der Waals surface area contributed by atoms with E-state index in [0.717, 1.165) is 24.8 Å². The van der Waals surface area contributed by atoms with Crippen LogP contribution in [0.15, 0.2) is 18.2 Å². The Hall–Kier alpha value is -2.34. The summed E-state index contributed by atoms with van der Waals surface area (Å²) in [5.74, 6) is -2.96. The Labute approximate surface area is 199 Å². The quantitative estimate of drug-likeness (QED) is 0.411. The van der Waals surface area contributed by atoms with Gasteiger partial charge in [0, 0.05) is 29.7 Å². The topological polar surface area (TPSA) is 144 Å². The number of benzene rings is 1. The van der Waals surface area contributed by atoms with E-state index in [1.54, 1.807) is 17.0 Å². The highest BCUT2D eigenvalue weighted by atomic mass is 35.5. The van der Waals surface area contributed by atoms with E-state index >= 15 is 0 Å². The largest absolute Gasteiger partial charge is 0.508 e. The van der Waals surface area contributed by atoms with Crippen LogP contribution >= 0.6 is 11.6 Å². The Balaban J connectivity index is 0.000000509. The first-order valence-corrected chi connectivity index (χ1v) is 11.1. The number of phenols is 1. The van der Waals surface area contributed by atoms with Crippen molar-refractivity contribution in [1.29, 1.82) is 0 Å². The van der Waals surface area contributed by atoms with Crippen molar-refractivity contribution >= 4 is 29.1 Å². The van der Waals surface area contributed by atoms with Crippen molar-refractivity contribution in [3.8, 4) is 5.75 Å². The minimum Gasteiger partial charge on any atom is -0.508 e. The van der Waals surface area contributed by atoms with Crippen LogP contribution in [0.2, 0.25) is 5.02 Å². The lowest BCUT2D eigenvalue weighted by molar-refractivity contribution is -0.192. The summed E-state index contributed by atoms with van der Waals surface area (Å²) in [5.41, 5.74) is 9.10. The molecule has 2 atom stereocenters. The number of carboxylic acids is 1. The molecular weight excluding hydrogens is 481 g/mol. The number of carbonyl (C=O) groups is 2. The molecule has 6 N–H and O–H groups in total. The molecule has 1 heterocycles. The summed E-state index contributed by atoms with van der Waals surface area (Å²) in [6, 6.07) is 3.10. The van der Waals surface area contributed by atoms with E-state index in [-0.39, 0.29) is 17.7 Å². The molecular formula is C22H28ClF3N2O6. The second-order valence-corrected chi connectivity index (χ2v) is 8.61. The van der Waals surface area contributed by atoms with E-state index in [4.69, 9.17) is 32.3 Å². The van der Waals surface area contributed by atoms with Crippen LogP contribution < -0.4 is 5.73 Å².